The molecule has 0 atom stereocenters. The van der Waals surface area contributed by atoms with E-state index in [1.165, 1.54) is 30.6 Å². The van der Waals surface area contributed by atoms with Crippen LogP contribution in [0, 0.1) is 26.7 Å². The highest BCUT2D eigenvalue weighted by Gasteiger charge is 2.35. The maximum Gasteiger partial charge on any atom is 0.416 e. The van der Waals surface area contributed by atoms with Crippen LogP contribution in [0.5, 0.6) is 0 Å². The van der Waals surface area contributed by atoms with Crippen LogP contribution in [0.4, 0.5) is 18.9 Å². The molecule has 4 heterocycles. The van der Waals surface area contributed by atoms with E-state index in [-0.39, 0.29) is 16.8 Å². The minimum atomic E-state index is -4.57. The maximum absolute atomic E-state index is 14.1. The third-order valence-electron chi connectivity index (χ3n) is 8.40. The predicted molar refractivity (Wildman–Crippen MR) is 157 cm³/mol. The number of amides is 1. The number of carbonyl (C=O) groups is 1. The van der Waals surface area contributed by atoms with Crippen LogP contribution in [-0.4, -0.2) is 60.2 Å². The number of rotatable bonds is 7. The highest BCUT2D eigenvalue weighted by atomic mass is 19.4. The van der Waals surface area contributed by atoms with Gasteiger partial charge in [-0.05, 0) is 80.9 Å². The van der Waals surface area contributed by atoms with Crippen molar-refractivity contribution < 1.29 is 18.0 Å². The number of anilines is 1. The molecule has 4 aromatic rings. The molecule has 3 aromatic heterocycles. The monoisotopic (exact) mass is 590 g/mol. The summed E-state index contributed by atoms with van der Waals surface area (Å²) < 4.78 is 45.6. The summed E-state index contributed by atoms with van der Waals surface area (Å²) in [5, 5.41) is 15.4. The van der Waals surface area contributed by atoms with Crippen molar-refractivity contribution in [3.8, 4) is 16.9 Å². The molecule has 6 rings (SSSR count). The lowest BCUT2D eigenvalue weighted by molar-refractivity contribution is -0.138. The second-order valence-corrected chi connectivity index (χ2v) is 11.5. The molecule has 1 N–H and O–H groups in total. The number of aryl methyl sites for hydroxylation is 2. The standard InChI is InChI=1S/C31H33F3N8O/c1-18-25(22-7-9-41(10-8-22)16-21-5-6-21)12-24(13-27(18)31(32,33)34)37-30(43)23-11-29(19(2)35-14-23)42-17-28(38-39-42)26-15-36-40(4)20(26)3/h7,11-15,17,21H,5-6,8-10,16H2,1-4H3,(H,37,43). The summed E-state index contributed by atoms with van der Waals surface area (Å²) in [5.41, 5.74) is 4.54. The van der Waals surface area contributed by atoms with Gasteiger partial charge in [0, 0.05) is 49.8 Å². The Morgan fingerprint density at radius 1 is 1.09 bits per heavy atom. The zero-order chi connectivity index (χ0) is 30.5. The third-order valence-corrected chi connectivity index (χ3v) is 8.40. The summed E-state index contributed by atoms with van der Waals surface area (Å²) in [7, 11) is 1.84. The fourth-order valence-corrected chi connectivity index (χ4v) is 5.54. The Morgan fingerprint density at radius 2 is 1.88 bits per heavy atom. The molecule has 43 heavy (non-hydrogen) atoms. The van der Waals surface area contributed by atoms with E-state index in [2.05, 4.69) is 30.6 Å². The molecule has 1 amide bonds. The summed E-state index contributed by atoms with van der Waals surface area (Å²) in [6, 6.07) is 4.25. The molecule has 1 saturated carbocycles. The van der Waals surface area contributed by atoms with Gasteiger partial charge in [-0.3, -0.25) is 19.4 Å². The SMILES string of the molecule is Cc1ncc(C(=O)Nc2cc(C3=CCN(CC4CC4)CC3)c(C)c(C(F)(F)F)c2)cc1-n1cc(-c2cnn(C)c2C)nn1. The van der Waals surface area contributed by atoms with E-state index in [0.717, 1.165) is 41.9 Å². The highest BCUT2D eigenvalue weighted by molar-refractivity contribution is 6.04. The van der Waals surface area contributed by atoms with Gasteiger partial charge in [0.2, 0.25) is 0 Å². The van der Waals surface area contributed by atoms with Crippen LogP contribution in [0.3, 0.4) is 0 Å². The van der Waals surface area contributed by atoms with Gasteiger partial charge in [-0.1, -0.05) is 11.3 Å². The Kier molecular flexibility index (Phi) is 7.41. The molecular formula is C31H33F3N8O. The van der Waals surface area contributed by atoms with Crippen LogP contribution >= 0.6 is 0 Å². The van der Waals surface area contributed by atoms with E-state index in [4.69, 9.17) is 0 Å². The van der Waals surface area contributed by atoms with Crippen molar-refractivity contribution in [3.63, 3.8) is 0 Å². The fraction of sp³-hybridized carbons (Fsp3) is 0.387. The molecule has 2 aliphatic rings. The van der Waals surface area contributed by atoms with Crippen LogP contribution in [0.15, 0.2) is 42.9 Å². The number of halogens is 3. The molecule has 0 radical (unpaired) electrons. The molecule has 0 spiro atoms. The zero-order valence-electron chi connectivity index (χ0n) is 24.5. The molecule has 0 unspecified atom stereocenters. The highest BCUT2D eigenvalue weighted by Crippen LogP contribution is 2.39. The minimum absolute atomic E-state index is 0.0801. The van der Waals surface area contributed by atoms with Gasteiger partial charge in [-0.15, -0.1) is 5.10 Å². The average Bonchev–Trinajstić information content (AvgIpc) is 3.54. The van der Waals surface area contributed by atoms with Crippen LogP contribution in [-0.2, 0) is 13.2 Å². The number of benzene rings is 1. The summed E-state index contributed by atoms with van der Waals surface area (Å²) in [4.78, 5) is 20.1. The van der Waals surface area contributed by atoms with Gasteiger partial charge in [0.25, 0.3) is 5.91 Å². The molecule has 1 aliphatic heterocycles. The van der Waals surface area contributed by atoms with E-state index in [9.17, 15) is 18.0 Å². The second-order valence-electron chi connectivity index (χ2n) is 11.5. The van der Waals surface area contributed by atoms with Gasteiger partial charge in [0.15, 0.2) is 0 Å². The number of alkyl halides is 3. The van der Waals surface area contributed by atoms with Crippen LogP contribution in [0.1, 0.15) is 57.7 Å². The quantitative estimate of drug-likeness (QED) is 0.294. The van der Waals surface area contributed by atoms with Crippen molar-refractivity contribution in [1.29, 1.82) is 0 Å². The maximum atomic E-state index is 14.1. The first kappa shape index (κ1) is 28.8. The van der Waals surface area contributed by atoms with Crippen molar-refractivity contribution in [3.05, 3.63) is 76.5 Å². The normalized spacial score (nSPS) is 15.9. The lowest BCUT2D eigenvalue weighted by Gasteiger charge is -2.28. The molecule has 1 aliphatic carbocycles. The summed E-state index contributed by atoms with van der Waals surface area (Å²) in [6.07, 6.45) is 5.45. The smallest absolute Gasteiger partial charge is 0.322 e. The largest absolute Gasteiger partial charge is 0.416 e. The minimum Gasteiger partial charge on any atom is -0.322 e. The van der Waals surface area contributed by atoms with Gasteiger partial charge < -0.3 is 5.32 Å². The van der Waals surface area contributed by atoms with E-state index in [1.807, 2.05) is 20.0 Å². The topological polar surface area (TPSA) is 93.8 Å². The molecule has 0 bridgehead atoms. The molecule has 0 saturated heterocycles. The van der Waals surface area contributed by atoms with E-state index in [1.54, 1.807) is 36.1 Å². The summed E-state index contributed by atoms with van der Waals surface area (Å²) in [5.74, 6) is 0.175. The Bertz CT molecular complexity index is 1730. The number of carbonyl (C=O) groups excluding carboxylic acids is 1. The average molecular weight is 591 g/mol. The molecular weight excluding hydrogens is 557 g/mol. The van der Waals surface area contributed by atoms with Crippen molar-refractivity contribution in [2.75, 3.05) is 25.0 Å². The molecule has 1 fully saturated rings. The number of nitrogens with one attached hydrogen (secondary N) is 1. The van der Waals surface area contributed by atoms with Crippen LogP contribution < -0.4 is 5.32 Å². The molecule has 9 nitrogen and oxygen atoms in total. The van der Waals surface area contributed by atoms with Crippen LogP contribution in [0.25, 0.3) is 22.5 Å². The first-order valence-corrected chi connectivity index (χ1v) is 14.3. The number of hydrogen-bond acceptors (Lipinski definition) is 6. The first-order chi connectivity index (χ1) is 20.5. The van der Waals surface area contributed by atoms with Gasteiger partial charge in [-0.25, -0.2) is 4.68 Å². The molecule has 224 valence electrons. The zero-order valence-corrected chi connectivity index (χ0v) is 24.5. The Labute approximate surface area is 247 Å². The lowest BCUT2D eigenvalue weighted by atomic mass is 9.91. The third kappa shape index (κ3) is 5.96. The summed E-state index contributed by atoms with van der Waals surface area (Å²) in [6.45, 7) is 7.76. The number of pyridine rings is 1. The Hall–Kier alpha value is -4.32. The molecule has 12 heteroatoms. The Morgan fingerprint density at radius 3 is 2.53 bits per heavy atom. The van der Waals surface area contributed by atoms with Crippen LogP contribution in [0.2, 0.25) is 0 Å². The van der Waals surface area contributed by atoms with Gasteiger partial charge in [0.05, 0.1) is 34.9 Å². The van der Waals surface area contributed by atoms with Crippen molar-refractivity contribution in [2.24, 2.45) is 13.0 Å². The fourth-order valence-electron chi connectivity index (χ4n) is 5.54. The van der Waals surface area contributed by atoms with E-state index >= 15 is 0 Å². The van der Waals surface area contributed by atoms with E-state index < -0.39 is 17.6 Å². The van der Waals surface area contributed by atoms with Gasteiger partial charge in [0.1, 0.15) is 5.69 Å². The number of hydrogen-bond donors (Lipinski definition) is 1. The van der Waals surface area contributed by atoms with E-state index in [0.29, 0.717) is 35.6 Å². The summed E-state index contributed by atoms with van der Waals surface area (Å²) >= 11 is 0. The van der Waals surface area contributed by atoms with Crippen molar-refractivity contribution >= 4 is 17.2 Å². The lowest BCUT2D eigenvalue weighted by Crippen LogP contribution is -2.30. The van der Waals surface area contributed by atoms with Gasteiger partial charge >= 0.3 is 6.18 Å². The first-order valence-electron chi connectivity index (χ1n) is 14.3. The number of nitrogens with zero attached hydrogens (tertiary/aromatic N) is 7. The second kappa shape index (κ2) is 11.1. The number of aromatic nitrogens is 6. The molecule has 1 aromatic carbocycles. The predicted octanol–water partition coefficient (Wildman–Crippen LogP) is 5.76. The van der Waals surface area contributed by atoms with Gasteiger partial charge in [-0.2, -0.15) is 18.3 Å². The van der Waals surface area contributed by atoms with Crippen molar-refractivity contribution in [2.45, 2.75) is 46.2 Å². The Balaban J connectivity index is 1.27. The van der Waals surface area contributed by atoms with Crippen molar-refractivity contribution in [1.82, 2.24) is 34.7 Å².